The van der Waals surface area contributed by atoms with Gasteiger partial charge < -0.3 is 74.1 Å². The fourth-order valence-corrected chi connectivity index (χ4v) is 26.2. The van der Waals surface area contributed by atoms with Crippen LogP contribution in [0.15, 0.2) is 218 Å². The molecule has 12 aromatic rings. The standard InChI is InChI=1S/4C18H9O3P.BF4.Cu/c4*1-4-10-16-11(5-1)20-13-7-3-9-15-18(13)22(16)17-12(19-10)6-2-8-14(17)21-15;2-1(3,4)5;/h4*1-9H;;/q;;;;-1;+1/p+4. The summed E-state index contributed by atoms with van der Waals surface area (Å²) in [5.41, 5.74) is 0. The van der Waals surface area contributed by atoms with E-state index in [1.165, 1.54) is 63.7 Å². The van der Waals surface area contributed by atoms with Gasteiger partial charge in [0.15, 0.2) is 202 Å². The van der Waals surface area contributed by atoms with Gasteiger partial charge in [-0.3, -0.25) is 0 Å². The van der Waals surface area contributed by atoms with E-state index in [9.17, 15) is 17.3 Å². The fraction of sp³-hybridized carbons (Fsp3) is 0. The first-order valence-corrected chi connectivity index (χ1v) is 35.7. The number of ether oxygens (including phenoxy) is 12. The molecule has 458 valence electrons. The molecule has 0 bridgehead atoms. The van der Waals surface area contributed by atoms with Crippen LogP contribution in [0.2, 0.25) is 0 Å². The van der Waals surface area contributed by atoms with Crippen molar-refractivity contribution in [3.05, 3.63) is 218 Å². The molecule has 12 aromatic carbocycles. The van der Waals surface area contributed by atoms with Crippen LogP contribution in [-0.4, -0.2) is 7.25 Å². The second-order valence-electron chi connectivity index (χ2n) is 22.8. The quantitative estimate of drug-likeness (QED) is 0.0819. The summed E-state index contributed by atoms with van der Waals surface area (Å²) in [6.07, 6.45) is 0. The Morgan fingerprint density at radius 3 is 0.287 bits per heavy atom. The van der Waals surface area contributed by atoms with Crippen LogP contribution >= 0.6 is 31.7 Å². The van der Waals surface area contributed by atoms with Crippen molar-refractivity contribution in [2.24, 2.45) is 0 Å². The molecule has 0 radical (unpaired) electrons. The summed E-state index contributed by atoms with van der Waals surface area (Å²) in [6.45, 7) is 0. The van der Waals surface area contributed by atoms with E-state index in [4.69, 9.17) is 56.8 Å². The third-order valence-electron chi connectivity index (χ3n) is 17.5. The zero-order valence-electron chi connectivity index (χ0n) is 48.1. The van der Waals surface area contributed by atoms with Crippen molar-refractivity contribution in [2.75, 3.05) is 0 Å². The van der Waals surface area contributed by atoms with Crippen molar-refractivity contribution in [2.45, 2.75) is 0 Å². The topological polar surface area (TPSA) is 111 Å². The number of hydrogen-bond acceptors (Lipinski definition) is 12. The minimum atomic E-state index is -6.00. The molecule has 24 rings (SSSR count). The van der Waals surface area contributed by atoms with Gasteiger partial charge in [-0.1, -0.05) is 72.8 Å². The summed E-state index contributed by atoms with van der Waals surface area (Å²) in [5, 5.41) is 14.5. The molecule has 0 atom stereocenters. The molecule has 0 saturated carbocycles. The Hall–Kier alpha value is -9.74. The van der Waals surface area contributed by atoms with Crippen LogP contribution in [0.4, 0.5) is 17.3 Å². The van der Waals surface area contributed by atoms with E-state index >= 15 is 0 Å². The zero-order valence-corrected chi connectivity index (χ0v) is 53.0. The van der Waals surface area contributed by atoms with Crippen LogP contribution in [0.3, 0.4) is 0 Å². The molecule has 0 fully saturated rings. The summed E-state index contributed by atoms with van der Waals surface area (Å²) in [5.74, 6) is 22.0. The van der Waals surface area contributed by atoms with Crippen molar-refractivity contribution in [3.63, 3.8) is 0 Å². The molecule has 0 saturated heterocycles. The molecule has 0 aliphatic carbocycles. The maximum absolute atomic E-state index is 9.75. The minimum Gasteiger partial charge on any atom is -0.449 e. The number of halogens is 4. The normalized spacial score (nSPS) is 14.9. The summed E-state index contributed by atoms with van der Waals surface area (Å²) < 4.78 is 112. The third-order valence-corrected chi connectivity index (χ3v) is 29.4. The van der Waals surface area contributed by atoms with E-state index in [2.05, 4.69) is 0 Å². The average molecular weight is 1370 g/mol. The van der Waals surface area contributed by atoms with Crippen molar-refractivity contribution in [1.29, 1.82) is 0 Å². The van der Waals surface area contributed by atoms with Crippen molar-refractivity contribution in [1.82, 2.24) is 0 Å². The van der Waals surface area contributed by atoms with Crippen LogP contribution in [0.5, 0.6) is 138 Å². The Labute approximate surface area is 546 Å². The maximum atomic E-state index is 9.75. The first kappa shape index (κ1) is 55.9. The largest absolute Gasteiger partial charge is 1.00 e. The van der Waals surface area contributed by atoms with Gasteiger partial charge in [-0.15, -0.1) is 0 Å². The minimum absolute atomic E-state index is 0. The van der Waals surface area contributed by atoms with Gasteiger partial charge in [0, 0.05) is 0 Å². The second-order valence-corrected chi connectivity index (χ2v) is 31.8. The molecule has 22 heteroatoms. The third kappa shape index (κ3) is 8.40. The maximum Gasteiger partial charge on any atom is 1.00 e. The molecule has 94 heavy (non-hydrogen) atoms. The van der Waals surface area contributed by atoms with E-state index in [1.54, 1.807) is 0 Å². The Bertz CT molecular complexity index is 3950. The van der Waals surface area contributed by atoms with Gasteiger partial charge in [-0.2, -0.15) is 0 Å². The average Bonchev–Trinajstić information content (AvgIpc) is 0.733. The molecular formula is C72H40BCuF4O12P4+4. The van der Waals surface area contributed by atoms with Gasteiger partial charge in [-0.05, 0) is 146 Å². The second kappa shape index (κ2) is 20.9. The van der Waals surface area contributed by atoms with Gasteiger partial charge in [0.1, 0.15) is 31.7 Å². The first-order chi connectivity index (χ1) is 45.6. The van der Waals surface area contributed by atoms with E-state index < -0.39 is 38.9 Å². The van der Waals surface area contributed by atoms with E-state index in [-0.39, 0.29) is 17.1 Å². The van der Waals surface area contributed by atoms with Gasteiger partial charge >= 0.3 is 24.3 Å². The van der Waals surface area contributed by atoms with Crippen LogP contribution in [-0.2, 0) is 17.1 Å². The van der Waals surface area contributed by atoms with Crippen LogP contribution in [0.1, 0.15) is 0 Å². The van der Waals surface area contributed by atoms with Gasteiger partial charge in [0.2, 0.25) is 0 Å². The van der Waals surface area contributed by atoms with Crippen LogP contribution in [0, 0.1) is 0 Å². The Morgan fingerprint density at radius 1 is 0.160 bits per heavy atom. The molecule has 0 amide bonds. The monoisotopic (exact) mass is 1370 g/mol. The van der Waals surface area contributed by atoms with E-state index in [1.807, 2.05) is 218 Å². The van der Waals surface area contributed by atoms with E-state index in [0.29, 0.717) is 0 Å². The van der Waals surface area contributed by atoms with Crippen molar-refractivity contribution >= 4 is 103 Å². The summed E-state index contributed by atoms with van der Waals surface area (Å²) in [6, 6.07) is 72.5. The Kier molecular flexibility index (Phi) is 12.4. The van der Waals surface area contributed by atoms with Crippen molar-refractivity contribution < 1.29 is 91.2 Å². The smallest absolute Gasteiger partial charge is 0.449 e. The van der Waals surface area contributed by atoms with Gasteiger partial charge in [0.05, 0.1) is 0 Å². The molecule has 12 aliphatic rings. The van der Waals surface area contributed by atoms with E-state index in [0.717, 1.165) is 138 Å². The molecule has 12 nitrogen and oxygen atoms in total. The molecule has 0 aromatic heterocycles. The van der Waals surface area contributed by atoms with Crippen LogP contribution in [0.25, 0.3) is 0 Å². The predicted molar refractivity (Wildman–Crippen MR) is 357 cm³/mol. The van der Waals surface area contributed by atoms with Gasteiger partial charge in [0.25, 0.3) is 0 Å². The van der Waals surface area contributed by atoms with Crippen molar-refractivity contribution in [3.8, 4) is 138 Å². The predicted octanol–water partition coefficient (Wildman–Crippen LogP) is 15.3. The summed E-state index contributed by atoms with van der Waals surface area (Å²) in [4.78, 5) is 0. The van der Waals surface area contributed by atoms with Gasteiger partial charge in [-0.25, -0.2) is 0 Å². The Morgan fingerprint density at radius 2 is 0.223 bits per heavy atom. The number of benzene rings is 12. The van der Waals surface area contributed by atoms with Crippen LogP contribution < -0.4 is 120 Å². The molecule has 12 heterocycles. The fourth-order valence-electron chi connectivity index (χ4n) is 14.1. The SMILES string of the molecule is F[B-](F)(F)F.[Cu+].c1cc2c3c(c1)Oc1cccc4c1[PH+]3c1c(cccc1O4)O2.c1cc2c3c(c1)Oc1cccc4c1[PH+]3c1c(cccc1O4)O2.c1cc2c3c(c1)Oc1cccc4c1[PH+]3c1c(cccc1O4)O2.c1cc2c3c(c1)Oc1cccc4c1[PH+]3c1c(cccc1O4)O2. The molecule has 0 N–H and O–H groups in total. The number of hydrogen-bond donors (Lipinski definition) is 0. The molecule has 12 aliphatic heterocycles. The zero-order chi connectivity index (χ0) is 61.5. The number of rotatable bonds is 0. The molecule has 0 spiro atoms. The Balaban J connectivity index is 0.0000000865. The molecular weight excluding hydrogens is 1330 g/mol. The first-order valence-electron chi connectivity index (χ1n) is 29.7. The summed E-state index contributed by atoms with van der Waals surface area (Å²) >= 11 is 0. The molecule has 0 unspecified atom stereocenters. The summed E-state index contributed by atoms with van der Waals surface area (Å²) in [7, 11) is -10.6.